The molecule has 7 heteroatoms. The Morgan fingerprint density at radius 3 is 2.69 bits per heavy atom. The SMILES string of the molecule is Cc1nc(S(=O)(=O)Cl)cn1CCF. The van der Waals surface area contributed by atoms with E-state index in [4.69, 9.17) is 10.7 Å². The van der Waals surface area contributed by atoms with E-state index in [0.29, 0.717) is 5.82 Å². The molecule has 1 rings (SSSR count). The summed E-state index contributed by atoms with van der Waals surface area (Å²) in [6.45, 7) is 1.10. The second-order valence-electron chi connectivity index (χ2n) is 2.45. The minimum Gasteiger partial charge on any atom is -0.331 e. The fourth-order valence-electron chi connectivity index (χ4n) is 0.914. The van der Waals surface area contributed by atoms with Crippen molar-refractivity contribution in [1.29, 1.82) is 0 Å². The number of hydrogen-bond acceptors (Lipinski definition) is 3. The number of nitrogens with zero attached hydrogens (tertiary/aromatic N) is 2. The summed E-state index contributed by atoms with van der Waals surface area (Å²) in [5.74, 6) is 0.428. The monoisotopic (exact) mass is 226 g/mol. The second-order valence-corrected chi connectivity index (χ2v) is 4.96. The van der Waals surface area contributed by atoms with Crippen molar-refractivity contribution in [3.05, 3.63) is 12.0 Å². The van der Waals surface area contributed by atoms with Gasteiger partial charge in [-0.25, -0.2) is 17.8 Å². The molecule has 0 aromatic carbocycles. The Morgan fingerprint density at radius 2 is 2.31 bits per heavy atom. The molecule has 0 unspecified atom stereocenters. The molecule has 1 heterocycles. The summed E-state index contributed by atoms with van der Waals surface area (Å²) >= 11 is 0. The van der Waals surface area contributed by atoms with Crippen LogP contribution in [0.4, 0.5) is 4.39 Å². The van der Waals surface area contributed by atoms with Gasteiger partial charge in [0.05, 0.1) is 6.54 Å². The maximum atomic E-state index is 11.9. The van der Waals surface area contributed by atoms with Crippen molar-refractivity contribution in [2.75, 3.05) is 6.67 Å². The molecule has 0 spiro atoms. The highest BCUT2D eigenvalue weighted by atomic mass is 35.7. The van der Waals surface area contributed by atoms with Gasteiger partial charge in [0, 0.05) is 16.9 Å². The van der Waals surface area contributed by atoms with Gasteiger partial charge in [0.25, 0.3) is 9.05 Å². The zero-order valence-electron chi connectivity index (χ0n) is 6.87. The normalized spacial score (nSPS) is 11.9. The second kappa shape index (κ2) is 3.63. The van der Waals surface area contributed by atoms with E-state index < -0.39 is 15.7 Å². The molecule has 0 fully saturated rings. The molecule has 1 aromatic heterocycles. The Labute approximate surface area is 79.8 Å². The third-order valence-corrected chi connectivity index (χ3v) is 2.70. The predicted molar refractivity (Wildman–Crippen MR) is 46.0 cm³/mol. The maximum absolute atomic E-state index is 11.9. The molecule has 0 N–H and O–H groups in total. The summed E-state index contributed by atoms with van der Waals surface area (Å²) in [5.41, 5.74) is 0. The average molecular weight is 227 g/mol. The minimum absolute atomic E-state index is 0.0885. The first-order chi connectivity index (χ1) is 5.95. The van der Waals surface area contributed by atoms with E-state index in [0.717, 1.165) is 0 Å². The first-order valence-corrected chi connectivity index (χ1v) is 5.80. The Morgan fingerprint density at radius 1 is 1.69 bits per heavy atom. The van der Waals surface area contributed by atoms with Crippen molar-refractivity contribution in [3.63, 3.8) is 0 Å². The van der Waals surface area contributed by atoms with Crippen LogP contribution in [0.25, 0.3) is 0 Å². The van der Waals surface area contributed by atoms with Crippen molar-refractivity contribution in [2.24, 2.45) is 0 Å². The lowest BCUT2D eigenvalue weighted by Crippen LogP contribution is -1.99. The summed E-state index contributed by atoms with van der Waals surface area (Å²) in [5, 5.41) is -0.236. The molecule has 1 aromatic rings. The van der Waals surface area contributed by atoms with Crippen LogP contribution in [0.2, 0.25) is 0 Å². The lowest BCUT2D eigenvalue weighted by atomic mass is 10.6. The Hall–Kier alpha value is -0.620. The highest BCUT2D eigenvalue weighted by Crippen LogP contribution is 2.13. The largest absolute Gasteiger partial charge is 0.331 e. The lowest BCUT2D eigenvalue weighted by Gasteiger charge is -1.97. The first-order valence-electron chi connectivity index (χ1n) is 3.49. The van der Waals surface area contributed by atoms with Gasteiger partial charge in [-0.15, -0.1) is 0 Å². The molecule has 0 amide bonds. The highest BCUT2D eigenvalue weighted by molar-refractivity contribution is 8.13. The molecule has 0 aliphatic rings. The van der Waals surface area contributed by atoms with Crippen LogP contribution in [0.3, 0.4) is 0 Å². The van der Waals surface area contributed by atoms with Crippen LogP contribution in [0, 0.1) is 6.92 Å². The van der Waals surface area contributed by atoms with E-state index in [-0.39, 0.29) is 11.6 Å². The smallest absolute Gasteiger partial charge is 0.280 e. The molecule has 4 nitrogen and oxygen atoms in total. The molecule has 0 saturated heterocycles. The van der Waals surface area contributed by atoms with Crippen LogP contribution in [-0.2, 0) is 15.6 Å². The Kier molecular flexibility index (Phi) is 2.92. The average Bonchev–Trinajstić information content (AvgIpc) is 2.32. The highest BCUT2D eigenvalue weighted by Gasteiger charge is 2.15. The quantitative estimate of drug-likeness (QED) is 0.725. The maximum Gasteiger partial charge on any atom is 0.280 e. The molecule has 0 radical (unpaired) electrons. The molecule has 13 heavy (non-hydrogen) atoms. The van der Waals surface area contributed by atoms with E-state index in [1.54, 1.807) is 6.92 Å². The number of aryl methyl sites for hydroxylation is 2. The van der Waals surface area contributed by atoms with Gasteiger partial charge in [0.2, 0.25) is 0 Å². The fraction of sp³-hybridized carbons (Fsp3) is 0.500. The van der Waals surface area contributed by atoms with Gasteiger partial charge in [-0.2, -0.15) is 0 Å². The van der Waals surface area contributed by atoms with Crippen LogP contribution in [0.1, 0.15) is 5.82 Å². The molecule has 0 atom stereocenters. The van der Waals surface area contributed by atoms with Crippen LogP contribution in [-0.4, -0.2) is 24.6 Å². The molecule has 0 bridgehead atoms. The molecule has 0 aliphatic carbocycles. The first kappa shape index (κ1) is 10.5. The van der Waals surface area contributed by atoms with Crippen molar-refractivity contribution in [1.82, 2.24) is 9.55 Å². The van der Waals surface area contributed by atoms with Crippen molar-refractivity contribution in [2.45, 2.75) is 18.5 Å². The third kappa shape index (κ3) is 2.41. The van der Waals surface area contributed by atoms with Crippen LogP contribution in [0.15, 0.2) is 11.2 Å². The zero-order chi connectivity index (χ0) is 10.1. The van der Waals surface area contributed by atoms with E-state index in [2.05, 4.69) is 4.98 Å². The summed E-state index contributed by atoms with van der Waals surface area (Å²) in [7, 11) is 1.24. The molecule has 74 valence electrons. The Bertz CT molecular complexity index is 401. The number of rotatable bonds is 3. The van der Waals surface area contributed by atoms with E-state index in [1.807, 2.05) is 0 Å². The fourth-order valence-corrected chi connectivity index (χ4v) is 1.63. The number of aromatic nitrogens is 2. The summed E-state index contributed by atoms with van der Waals surface area (Å²) < 4.78 is 34.9. The van der Waals surface area contributed by atoms with E-state index >= 15 is 0 Å². The molecule has 0 saturated carbocycles. The van der Waals surface area contributed by atoms with Gasteiger partial charge in [-0.05, 0) is 6.92 Å². The number of halogens is 2. The number of imidazole rings is 1. The van der Waals surface area contributed by atoms with Gasteiger partial charge in [0.15, 0.2) is 5.03 Å². The predicted octanol–water partition coefficient (Wildman–Crippen LogP) is 1.09. The summed E-state index contributed by atoms with van der Waals surface area (Å²) in [4.78, 5) is 3.68. The summed E-state index contributed by atoms with van der Waals surface area (Å²) in [6, 6.07) is 0. The van der Waals surface area contributed by atoms with E-state index in [9.17, 15) is 12.8 Å². The van der Waals surface area contributed by atoms with Gasteiger partial charge in [-0.3, -0.25) is 0 Å². The lowest BCUT2D eigenvalue weighted by molar-refractivity contribution is 0.441. The molecular formula is C6H8ClFN2O2S. The van der Waals surface area contributed by atoms with Gasteiger partial charge in [0.1, 0.15) is 12.5 Å². The topological polar surface area (TPSA) is 52.0 Å². The van der Waals surface area contributed by atoms with Crippen LogP contribution >= 0.6 is 10.7 Å². The standard InChI is InChI=1S/C6H8ClFN2O2S/c1-5-9-6(13(7,11)12)4-10(5)3-2-8/h4H,2-3H2,1H3. The van der Waals surface area contributed by atoms with Crippen molar-refractivity contribution < 1.29 is 12.8 Å². The van der Waals surface area contributed by atoms with Crippen LogP contribution in [0.5, 0.6) is 0 Å². The third-order valence-electron chi connectivity index (χ3n) is 1.53. The number of alkyl halides is 1. The Balaban J connectivity index is 3.09. The zero-order valence-corrected chi connectivity index (χ0v) is 8.44. The van der Waals surface area contributed by atoms with Crippen molar-refractivity contribution in [3.8, 4) is 0 Å². The summed E-state index contributed by atoms with van der Waals surface area (Å²) in [6.07, 6.45) is 1.22. The van der Waals surface area contributed by atoms with Gasteiger partial charge < -0.3 is 4.57 Å². The van der Waals surface area contributed by atoms with Gasteiger partial charge in [-0.1, -0.05) is 0 Å². The minimum atomic E-state index is -3.80. The molecule has 0 aliphatic heterocycles. The van der Waals surface area contributed by atoms with E-state index in [1.165, 1.54) is 10.8 Å². The van der Waals surface area contributed by atoms with Gasteiger partial charge >= 0.3 is 0 Å². The van der Waals surface area contributed by atoms with Crippen LogP contribution < -0.4 is 0 Å². The molecular weight excluding hydrogens is 219 g/mol. The van der Waals surface area contributed by atoms with Crippen molar-refractivity contribution >= 4 is 19.7 Å². The number of hydrogen-bond donors (Lipinski definition) is 0.